The van der Waals surface area contributed by atoms with Gasteiger partial charge in [0.2, 0.25) is 0 Å². The van der Waals surface area contributed by atoms with Gasteiger partial charge in [-0.1, -0.05) is 26.2 Å². The number of aryl methyl sites for hydroxylation is 1. The third kappa shape index (κ3) is 2.18. The van der Waals surface area contributed by atoms with Gasteiger partial charge in [0.05, 0.1) is 0 Å². The second-order valence-electron chi connectivity index (χ2n) is 4.70. The monoisotopic (exact) mass is 220 g/mol. The third-order valence-corrected chi connectivity index (χ3v) is 3.59. The van der Waals surface area contributed by atoms with E-state index in [0.717, 1.165) is 23.5 Å². The molecule has 1 aromatic heterocycles. The van der Waals surface area contributed by atoms with Crippen LogP contribution in [0.1, 0.15) is 62.0 Å². The smallest absolute Gasteiger partial charge is 0.254 e. The topological polar surface area (TPSA) is 45.8 Å². The number of hydrogen-bond acceptors (Lipinski definition) is 2. The highest BCUT2D eigenvalue weighted by molar-refractivity contribution is 5.17. The van der Waals surface area contributed by atoms with Gasteiger partial charge >= 0.3 is 0 Å². The van der Waals surface area contributed by atoms with Gasteiger partial charge in [-0.2, -0.15) is 0 Å². The molecular formula is C13H20N2O. The number of aromatic amines is 1. The quantitative estimate of drug-likeness (QED) is 0.833. The molecule has 1 aliphatic rings. The van der Waals surface area contributed by atoms with Gasteiger partial charge in [0, 0.05) is 17.2 Å². The van der Waals surface area contributed by atoms with Crippen molar-refractivity contribution in [3.63, 3.8) is 0 Å². The van der Waals surface area contributed by atoms with Crippen molar-refractivity contribution in [1.82, 2.24) is 9.97 Å². The van der Waals surface area contributed by atoms with Crippen molar-refractivity contribution in [2.75, 3.05) is 0 Å². The first kappa shape index (κ1) is 11.4. The summed E-state index contributed by atoms with van der Waals surface area (Å²) < 4.78 is 0. The number of nitrogens with zero attached hydrogens (tertiary/aromatic N) is 1. The Morgan fingerprint density at radius 2 is 2.00 bits per heavy atom. The summed E-state index contributed by atoms with van der Waals surface area (Å²) >= 11 is 0. The first-order valence-electron chi connectivity index (χ1n) is 6.32. The summed E-state index contributed by atoms with van der Waals surface area (Å²) in [6.07, 6.45) is 6.97. The van der Waals surface area contributed by atoms with E-state index in [-0.39, 0.29) is 5.56 Å². The third-order valence-electron chi connectivity index (χ3n) is 3.59. The minimum absolute atomic E-state index is 0.0653. The van der Waals surface area contributed by atoms with E-state index < -0.39 is 0 Å². The predicted octanol–water partition coefficient (Wildman–Crippen LogP) is 2.69. The summed E-state index contributed by atoms with van der Waals surface area (Å²) in [6, 6.07) is 0. The molecule has 0 bridgehead atoms. The molecule has 0 unspecified atom stereocenters. The Balaban J connectivity index is 2.31. The van der Waals surface area contributed by atoms with Crippen LogP contribution in [0, 0.1) is 6.92 Å². The Hall–Kier alpha value is -1.12. The SMILES string of the molecule is CCc1c(C)nc(C2CCCCC2)[nH]c1=O. The number of H-pyrrole nitrogens is 1. The van der Waals surface area contributed by atoms with E-state index in [2.05, 4.69) is 9.97 Å². The van der Waals surface area contributed by atoms with Crippen molar-refractivity contribution in [3.8, 4) is 0 Å². The number of nitrogens with one attached hydrogen (secondary N) is 1. The summed E-state index contributed by atoms with van der Waals surface area (Å²) in [7, 11) is 0. The molecule has 1 aliphatic carbocycles. The molecular weight excluding hydrogens is 200 g/mol. The van der Waals surface area contributed by atoms with Gasteiger partial charge < -0.3 is 4.98 Å². The number of rotatable bonds is 2. The molecule has 1 N–H and O–H groups in total. The van der Waals surface area contributed by atoms with E-state index in [4.69, 9.17) is 0 Å². The van der Waals surface area contributed by atoms with Crippen LogP contribution in [-0.4, -0.2) is 9.97 Å². The van der Waals surface area contributed by atoms with Crippen LogP contribution in [0.15, 0.2) is 4.79 Å². The average Bonchev–Trinajstić information content (AvgIpc) is 2.30. The van der Waals surface area contributed by atoms with Gasteiger partial charge in [0.25, 0.3) is 5.56 Å². The molecule has 0 radical (unpaired) electrons. The molecule has 88 valence electrons. The second-order valence-corrected chi connectivity index (χ2v) is 4.70. The van der Waals surface area contributed by atoms with Crippen molar-refractivity contribution in [2.45, 2.75) is 58.3 Å². The summed E-state index contributed by atoms with van der Waals surface area (Å²) in [5.41, 5.74) is 1.81. The zero-order valence-electron chi connectivity index (χ0n) is 10.2. The molecule has 3 heteroatoms. The van der Waals surface area contributed by atoms with Crippen LogP contribution in [0.25, 0.3) is 0 Å². The fourth-order valence-electron chi connectivity index (χ4n) is 2.62. The molecule has 1 aromatic rings. The van der Waals surface area contributed by atoms with E-state index in [9.17, 15) is 4.79 Å². The highest BCUT2D eigenvalue weighted by Crippen LogP contribution is 2.30. The lowest BCUT2D eigenvalue weighted by atomic mass is 9.88. The molecule has 0 spiro atoms. The zero-order chi connectivity index (χ0) is 11.5. The van der Waals surface area contributed by atoms with Gasteiger partial charge in [-0.3, -0.25) is 4.79 Å². The van der Waals surface area contributed by atoms with Crippen LogP contribution in [0.5, 0.6) is 0 Å². The molecule has 2 rings (SSSR count). The van der Waals surface area contributed by atoms with Gasteiger partial charge in [-0.25, -0.2) is 4.98 Å². The lowest BCUT2D eigenvalue weighted by Gasteiger charge is -2.21. The predicted molar refractivity (Wildman–Crippen MR) is 64.8 cm³/mol. The molecule has 0 saturated heterocycles. The van der Waals surface area contributed by atoms with E-state index in [1.54, 1.807) is 0 Å². The second kappa shape index (κ2) is 4.81. The van der Waals surface area contributed by atoms with Crippen molar-refractivity contribution in [1.29, 1.82) is 0 Å². The van der Waals surface area contributed by atoms with Crippen LogP contribution < -0.4 is 5.56 Å². The largest absolute Gasteiger partial charge is 0.310 e. The van der Waals surface area contributed by atoms with Crippen LogP contribution >= 0.6 is 0 Å². The van der Waals surface area contributed by atoms with E-state index >= 15 is 0 Å². The normalized spacial score (nSPS) is 17.6. The molecule has 3 nitrogen and oxygen atoms in total. The van der Waals surface area contributed by atoms with Gasteiger partial charge in [0.1, 0.15) is 5.82 Å². The van der Waals surface area contributed by atoms with Crippen LogP contribution in [0.4, 0.5) is 0 Å². The first-order chi connectivity index (χ1) is 7.72. The number of aromatic nitrogens is 2. The van der Waals surface area contributed by atoms with E-state index in [1.165, 1.54) is 32.1 Å². The zero-order valence-corrected chi connectivity index (χ0v) is 10.2. The Labute approximate surface area is 96.3 Å². The minimum atomic E-state index is 0.0653. The summed E-state index contributed by atoms with van der Waals surface area (Å²) in [4.78, 5) is 19.4. The summed E-state index contributed by atoms with van der Waals surface area (Å²) in [5.74, 6) is 1.39. The Morgan fingerprint density at radius 1 is 1.31 bits per heavy atom. The summed E-state index contributed by atoms with van der Waals surface area (Å²) in [5, 5.41) is 0. The van der Waals surface area contributed by atoms with E-state index in [1.807, 2.05) is 13.8 Å². The van der Waals surface area contributed by atoms with Crippen molar-refractivity contribution in [3.05, 3.63) is 27.4 Å². The minimum Gasteiger partial charge on any atom is -0.310 e. The van der Waals surface area contributed by atoms with Crippen molar-refractivity contribution >= 4 is 0 Å². The lowest BCUT2D eigenvalue weighted by Crippen LogP contribution is -2.21. The molecule has 1 fully saturated rings. The maximum absolute atomic E-state index is 11.8. The molecule has 1 heterocycles. The Bertz CT molecular complexity index is 416. The molecule has 0 aromatic carbocycles. The fraction of sp³-hybridized carbons (Fsp3) is 0.692. The van der Waals surface area contributed by atoms with Gasteiger partial charge in [-0.05, 0) is 26.2 Å². The molecule has 16 heavy (non-hydrogen) atoms. The maximum atomic E-state index is 11.8. The number of hydrogen-bond donors (Lipinski definition) is 1. The Morgan fingerprint density at radius 3 is 2.56 bits per heavy atom. The standard InChI is InChI=1S/C13H20N2O/c1-3-11-9(2)14-12(15-13(11)16)10-7-5-4-6-8-10/h10H,3-8H2,1-2H3,(H,14,15,16). The molecule has 1 saturated carbocycles. The highest BCUT2D eigenvalue weighted by Gasteiger charge is 2.18. The van der Waals surface area contributed by atoms with Crippen molar-refractivity contribution in [2.24, 2.45) is 0 Å². The Kier molecular flexibility index (Phi) is 3.42. The molecule has 0 amide bonds. The van der Waals surface area contributed by atoms with E-state index in [0.29, 0.717) is 5.92 Å². The van der Waals surface area contributed by atoms with Crippen molar-refractivity contribution < 1.29 is 0 Å². The lowest BCUT2D eigenvalue weighted by molar-refractivity contribution is 0.427. The fourth-order valence-corrected chi connectivity index (χ4v) is 2.62. The van der Waals surface area contributed by atoms with Crippen LogP contribution in [-0.2, 0) is 6.42 Å². The average molecular weight is 220 g/mol. The highest BCUT2D eigenvalue weighted by atomic mass is 16.1. The first-order valence-corrected chi connectivity index (χ1v) is 6.32. The summed E-state index contributed by atoms with van der Waals surface area (Å²) in [6.45, 7) is 3.94. The van der Waals surface area contributed by atoms with Gasteiger partial charge in [-0.15, -0.1) is 0 Å². The van der Waals surface area contributed by atoms with Gasteiger partial charge in [0.15, 0.2) is 0 Å². The van der Waals surface area contributed by atoms with Crippen LogP contribution in [0.3, 0.4) is 0 Å². The molecule has 0 aliphatic heterocycles. The maximum Gasteiger partial charge on any atom is 0.254 e. The molecule has 0 atom stereocenters. The van der Waals surface area contributed by atoms with Crippen LogP contribution in [0.2, 0.25) is 0 Å².